The molecule has 0 saturated carbocycles. The van der Waals surface area contributed by atoms with Gasteiger partial charge in [-0.1, -0.05) is 53.4 Å². The summed E-state index contributed by atoms with van der Waals surface area (Å²) in [5, 5.41) is 0. The largest absolute Gasteiger partial charge is 2.00 e. The molecular formula is C8H20O2Sn. The second-order valence-electron chi connectivity index (χ2n) is 1.71. The molecule has 11 heavy (non-hydrogen) atoms. The van der Waals surface area contributed by atoms with Crippen LogP contribution in [0.1, 0.15) is 39.5 Å². The summed E-state index contributed by atoms with van der Waals surface area (Å²) in [6, 6.07) is 0. The molecule has 0 saturated heterocycles. The van der Waals surface area contributed by atoms with Crippen LogP contribution in [0.15, 0.2) is 0 Å². The Bertz CT molecular complexity index is 20.1. The maximum atomic E-state index is 3.60. The van der Waals surface area contributed by atoms with E-state index in [-0.39, 0.29) is 34.9 Å². The van der Waals surface area contributed by atoms with Crippen molar-refractivity contribution in [2.75, 3.05) is 0 Å². The van der Waals surface area contributed by atoms with Gasteiger partial charge in [-0.3, -0.25) is 0 Å². The SMILES string of the molecule is [CH2]CCC.[CH2]CCC.[OH-].[OH-].[Sn+2]. The average molecular weight is 267 g/mol. The van der Waals surface area contributed by atoms with Gasteiger partial charge in [0.1, 0.15) is 0 Å². The van der Waals surface area contributed by atoms with Gasteiger partial charge in [-0.05, 0) is 0 Å². The van der Waals surface area contributed by atoms with Crippen LogP contribution in [-0.4, -0.2) is 34.9 Å². The molecule has 4 radical (unpaired) electrons. The van der Waals surface area contributed by atoms with E-state index in [1.165, 1.54) is 12.8 Å². The first-order valence-corrected chi connectivity index (χ1v) is 3.41. The topological polar surface area (TPSA) is 60.0 Å². The summed E-state index contributed by atoms with van der Waals surface area (Å²) in [5.74, 6) is 0. The Morgan fingerprint density at radius 2 is 0.909 bits per heavy atom. The van der Waals surface area contributed by atoms with Crippen LogP contribution in [0.2, 0.25) is 0 Å². The van der Waals surface area contributed by atoms with Crippen molar-refractivity contribution >= 4 is 23.9 Å². The summed E-state index contributed by atoms with van der Waals surface area (Å²) in [6.07, 6.45) is 4.56. The van der Waals surface area contributed by atoms with Crippen LogP contribution in [0.25, 0.3) is 0 Å². The monoisotopic (exact) mass is 268 g/mol. The number of hydrogen-bond donors (Lipinski definition) is 0. The van der Waals surface area contributed by atoms with Crippen molar-refractivity contribution in [3.8, 4) is 0 Å². The molecule has 0 rings (SSSR count). The molecule has 0 heterocycles. The minimum absolute atomic E-state index is 0. The van der Waals surface area contributed by atoms with E-state index in [1.54, 1.807) is 0 Å². The van der Waals surface area contributed by atoms with Gasteiger partial charge in [-0.15, -0.1) is 0 Å². The first kappa shape index (κ1) is 29.8. The van der Waals surface area contributed by atoms with Crippen molar-refractivity contribution in [1.29, 1.82) is 0 Å². The first-order chi connectivity index (χ1) is 3.83. The predicted molar refractivity (Wildman–Crippen MR) is 50.2 cm³/mol. The van der Waals surface area contributed by atoms with Gasteiger partial charge >= 0.3 is 23.9 Å². The van der Waals surface area contributed by atoms with E-state index in [2.05, 4.69) is 27.7 Å². The van der Waals surface area contributed by atoms with Crippen molar-refractivity contribution < 1.29 is 11.0 Å². The Morgan fingerprint density at radius 3 is 0.909 bits per heavy atom. The van der Waals surface area contributed by atoms with Crippen LogP contribution < -0.4 is 0 Å². The third-order valence-electron chi connectivity index (χ3n) is 0.707. The van der Waals surface area contributed by atoms with E-state index in [9.17, 15) is 0 Å². The van der Waals surface area contributed by atoms with Gasteiger partial charge < -0.3 is 11.0 Å². The van der Waals surface area contributed by atoms with E-state index in [4.69, 9.17) is 0 Å². The van der Waals surface area contributed by atoms with Crippen molar-refractivity contribution in [3.63, 3.8) is 0 Å². The average Bonchev–Trinajstić information content (AvgIpc) is 1.88. The Kier molecular flexibility index (Phi) is 123. The van der Waals surface area contributed by atoms with Crippen LogP contribution in [0, 0.1) is 13.8 Å². The van der Waals surface area contributed by atoms with E-state index < -0.39 is 0 Å². The van der Waals surface area contributed by atoms with Gasteiger partial charge in [0.25, 0.3) is 0 Å². The van der Waals surface area contributed by atoms with E-state index >= 15 is 0 Å². The second kappa shape index (κ2) is 45.5. The minimum Gasteiger partial charge on any atom is -0.870 e. The minimum atomic E-state index is 0. The summed E-state index contributed by atoms with van der Waals surface area (Å²) in [7, 11) is 0. The Morgan fingerprint density at radius 1 is 0.818 bits per heavy atom. The van der Waals surface area contributed by atoms with Gasteiger partial charge in [0, 0.05) is 0 Å². The second-order valence-corrected chi connectivity index (χ2v) is 1.71. The molecule has 0 aromatic rings. The van der Waals surface area contributed by atoms with Gasteiger partial charge in [-0.25, -0.2) is 0 Å². The fraction of sp³-hybridized carbons (Fsp3) is 0.750. The summed E-state index contributed by atoms with van der Waals surface area (Å²) in [6.45, 7) is 11.4. The van der Waals surface area contributed by atoms with E-state index in [0.29, 0.717) is 0 Å². The number of unbranched alkanes of at least 4 members (excludes halogenated alkanes) is 2. The molecule has 2 nitrogen and oxygen atoms in total. The summed E-state index contributed by atoms with van der Waals surface area (Å²) < 4.78 is 0. The Hall–Kier alpha value is 0.719. The normalized spacial score (nSPS) is 5.45. The van der Waals surface area contributed by atoms with Gasteiger partial charge in [0.2, 0.25) is 0 Å². The molecule has 0 atom stereocenters. The van der Waals surface area contributed by atoms with Crippen molar-refractivity contribution in [1.82, 2.24) is 0 Å². The summed E-state index contributed by atoms with van der Waals surface area (Å²) in [5.41, 5.74) is 0. The fourth-order valence-electron chi connectivity index (χ4n) is 0. The predicted octanol–water partition coefficient (Wildman–Crippen LogP) is 2.51. The molecule has 2 N–H and O–H groups in total. The molecule has 0 aromatic carbocycles. The van der Waals surface area contributed by atoms with Crippen LogP contribution in [-0.2, 0) is 0 Å². The van der Waals surface area contributed by atoms with Gasteiger partial charge in [0.05, 0.1) is 0 Å². The van der Waals surface area contributed by atoms with Gasteiger partial charge in [-0.2, -0.15) is 0 Å². The van der Waals surface area contributed by atoms with Crippen molar-refractivity contribution in [2.45, 2.75) is 39.5 Å². The molecule has 3 heteroatoms. The van der Waals surface area contributed by atoms with Crippen LogP contribution in [0.5, 0.6) is 0 Å². The third-order valence-corrected chi connectivity index (χ3v) is 0.707. The summed E-state index contributed by atoms with van der Waals surface area (Å²) >= 11 is 0. The molecule has 0 aromatic heterocycles. The first-order valence-electron chi connectivity index (χ1n) is 3.41. The molecule has 0 aliphatic heterocycles. The number of hydrogen-bond acceptors (Lipinski definition) is 2. The molecule has 0 unspecified atom stereocenters. The molecule has 0 fully saturated rings. The maximum Gasteiger partial charge on any atom is 2.00 e. The van der Waals surface area contributed by atoms with Crippen molar-refractivity contribution in [2.24, 2.45) is 0 Å². The zero-order valence-corrected chi connectivity index (χ0v) is 10.5. The molecule has 0 aliphatic rings. The van der Waals surface area contributed by atoms with Crippen molar-refractivity contribution in [3.05, 3.63) is 13.8 Å². The molecule has 0 amide bonds. The summed E-state index contributed by atoms with van der Waals surface area (Å²) in [4.78, 5) is 0. The smallest absolute Gasteiger partial charge is 0.870 e. The Balaban J connectivity index is -0.0000000171. The molecule has 0 bridgehead atoms. The molecule has 68 valence electrons. The fourth-order valence-corrected chi connectivity index (χ4v) is 0. The zero-order valence-electron chi connectivity index (χ0n) is 7.64. The standard InChI is InChI=1S/2C4H9.2H2O.Sn/c2*1-3-4-2;;;/h2*1,3-4H2,2H3;2*1H2;/q;;;;+2/p-2. The van der Waals surface area contributed by atoms with Crippen LogP contribution in [0.3, 0.4) is 0 Å². The quantitative estimate of drug-likeness (QED) is 0.721. The maximum absolute atomic E-state index is 3.60. The zero-order chi connectivity index (χ0) is 6.83. The third kappa shape index (κ3) is 110. The molecule has 0 aliphatic carbocycles. The van der Waals surface area contributed by atoms with Gasteiger partial charge in [0.15, 0.2) is 0 Å². The van der Waals surface area contributed by atoms with Crippen LogP contribution in [0.4, 0.5) is 0 Å². The molecule has 0 spiro atoms. The van der Waals surface area contributed by atoms with E-state index in [1.807, 2.05) is 0 Å². The van der Waals surface area contributed by atoms with E-state index in [0.717, 1.165) is 12.8 Å². The Labute approximate surface area is 88.3 Å². The molecular weight excluding hydrogens is 247 g/mol. The van der Waals surface area contributed by atoms with Crippen LogP contribution >= 0.6 is 0 Å². The number of rotatable bonds is 2.